The molecule has 0 bridgehead atoms. The summed E-state index contributed by atoms with van der Waals surface area (Å²) in [5.41, 5.74) is 1.52. The fourth-order valence-corrected chi connectivity index (χ4v) is 6.06. The molecule has 0 unspecified atom stereocenters. The highest BCUT2D eigenvalue weighted by Crippen LogP contribution is 2.30. The van der Waals surface area contributed by atoms with Crippen LogP contribution in [0.25, 0.3) is 5.13 Å². The molecule has 8 nitrogen and oxygen atoms in total. The highest BCUT2D eigenvalue weighted by Gasteiger charge is 2.28. The number of sulfonamides is 1. The number of fused-ring (bicyclic) bond motifs is 1. The first-order valence-electron chi connectivity index (χ1n) is 8.76. The zero-order chi connectivity index (χ0) is 19.9. The number of thiazole rings is 2. The van der Waals surface area contributed by atoms with E-state index in [0.717, 1.165) is 15.7 Å². The van der Waals surface area contributed by atoms with E-state index < -0.39 is 10.0 Å². The monoisotopic (exact) mass is 437 g/mol. The van der Waals surface area contributed by atoms with Crippen molar-refractivity contribution in [1.82, 2.24) is 18.8 Å². The van der Waals surface area contributed by atoms with E-state index in [1.54, 1.807) is 13.8 Å². The van der Waals surface area contributed by atoms with E-state index >= 15 is 0 Å². The van der Waals surface area contributed by atoms with Crippen molar-refractivity contribution in [3.05, 3.63) is 45.7 Å². The molecule has 3 aromatic heterocycles. The van der Waals surface area contributed by atoms with Gasteiger partial charge in [-0.2, -0.15) is 4.31 Å². The van der Waals surface area contributed by atoms with E-state index in [1.165, 1.54) is 27.0 Å². The first kappa shape index (κ1) is 19.2. The molecule has 0 saturated heterocycles. The van der Waals surface area contributed by atoms with Gasteiger partial charge in [0.2, 0.25) is 10.0 Å². The fraction of sp³-hybridized carbons (Fsp3) is 0.353. The Balaban J connectivity index is 1.51. The molecule has 1 amide bonds. The lowest BCUT2D eigenvalue weighted by Crippen LogP contribution is -2.36. The third-order valence-corrected chi connectivity index (χ3v) is 8.49. The van der Waals surface area contributed by atoms with Gasteiger partial charge in [-0.05, 0) is 26.0 Å². The van der Waals surface area contributed by atoms with Crippen LogP contribution < -0.4 is 5.32 Å². The predicted molar refractivity (Wildman–Crippen MR) is 110 cm³/mol. The van der Waals surface area contributed by atoms with Crippen LogP contribution in [0.15, 0.2) is 24.5 Å². The largest absolute Gasteiger partial charge is 0.300 e. The quantitative estimate of drug-likeness (QED) is 0.662. The maximum Gasteiger partial charge on any atom is 0.269 e. The number of hydrogen-bond acceptors (Lipinski definition) is 7. The van der Waals surface area contributed by atoms with Gasteiger partial charge in [-0.15, -0.1) is 11.3 Å². The lowest BCUT2D eigenvalue weighted by Gasteiger charge is -2.24. The number of aromatic nitrogens is 3. The van der Waals surface area contributed by atoms with Gasteiger partial charge in [0.05, 0.1) is 17.1 Å². The second-order valence-electron chi connectivity index (χ2n) is 6.33. The summed E-state index contributed by atoms with van der Waals surface area (Å²) in [6.07, 6.45) is 4.31. The second-order valence-corrected chi connectivity index (χ2v) is 10.6. The number of carbonyl (C=O) groups is 1. The van der Waals surface area contributed by atoms with Gasteiger partial charge in [0.15, 0.2) is 10.3 Å². The van der Waals surface area contributed by atoms with E-state index in [0.29, 0.717) is 35.2 Å². The van der Waals surface area contributed by atoms with E-state index in [9.17, 15) is 13.2 Å². The normalized spacial score (nSPS) is 14.8. The Morgan fingerprint density at radius 1 is 1.25 bits per heavy atom. The van der Waals surface area contributed by atoms with E-state index in [-0.39, 0.29) is 11.7 Å². The molecule has 0 aliphatic carbocycles. The number of rotatable bonds is 5. The fourth-order valence-electron chi connectivity index (χ4n) is 2.96. The predicted octanol–water partition coefficient (Wildman–Crippen LogP) is 2.66. The van der Waals surface area contributed by atoms with Crippen LogP contribution in [0.3, 0.4) is 0 Å². The van der Waals surface area contributed by atoms with Crippen LogP contribution in [-0.2, 0) is 23.0 Å². The molecule has 0 aromatic carbocycles. The molecule has 1 aliphatic heterocycles. The van der Waals surface area contributed by atoms with Gasteiger partial charge < -0.3 is 4.57 Å². The molecule has 1 N–H and O–H groups in total. The average Bonchev–Trinajstić information content (AvgIpc) is 3.39. The Labute approximate surface area is 170 Å². The molecule has 148 valence electrons. The number of hydrogen-bond donors (Lipinski definition) is 1. The lowest BCUT2D eigenvalue weighted by molar-refractivity contribution is 0.103. The average molecular weight is 438 g/mol. The molecule has 0 fully saturated rings. The molecule has 0 atom stereocenters. The van der Waals surface area contributed by atoms with Crippen LogP contribution in [-0.4, -0.2) is 45.5 Å². The van der Waals surface area contributed by atoms with Crippen molar-refractivity contribution in [1.29, 1.82) is 0 Å². The van der Waals surface area contributed by atoms with Gasteiger partial charge in [-0.1, -0.05) is 11.3 Å². The second kappa shape index (κ2) is 7.39. The van der Waals surface area contributed by atoms with Gasteiger partial charge in [0.25, 0.3) is 5.91 Å². The van der Waals surface area contributed by atoms with E-state index in [4.69, 9.17) is 0 Å². The molecule has 3 aromatic rings. The molecule has 0 spiro atoms. The number of amides is 1. The molecular formula is C17H19N5O3S3. The Bertz CT molecular complexity index is 1120. The van der Waals surface area contributed by atoms with Crippen LogP contribution in [0, 0.1) is 6.92 Å². The number of nitrogens with zero attached hydrogens (tertiary/aromatic N) is 4. The third kappa shape index (κ3) is 3.62. The molecule has 11 heteroatoms. The van der Waals surface area contributed by atoms with Crippen molar-refractivity contribution in [3.8, 4) is 5.13 Å². The Hall–Kier alpha value is -2.08. The Kier molecular flexibility index (Phi) is 5.08. The van der Waals surface area contributed by atoms with Crippen molar-refractivity contribution < 1.29 is 13.2 Å². The van der Waals surface area contributed by atoms with Crippen LogP contribution in [0.5, 0.6) is 0 Å². The minimum atomic E-state index is -3.23. The zero-order valence-corrected chi connectivity index (χ0v) is 17.8. The molecule has 28 heavy (non-hydrogen) atoms. The molecule has 4 rings (SSSR count). The SMILES string of the molecule is CCS(=O)(=O)N1CCc2nc(NC(=O)c3sc(-n4cccc4)nc3C)sc2C1. The first-order valence-corrected chi connectivity index (χ1v) is 12.0. The summed E-state index contributed by atoms with van der Waals surface area (Å²) in [5.74, 6) is -0.170. The van der Waals surface area contributed by atoms with Crippen LogP contribution in [0.4, 0.5) is 5.13 Å². The van der Waals surface area contributed by atoms with Gasteiger partial charge in [-0.25, -0.2) is 18.4 Å². The molecule has 0 radical (unpaired) electrons. The first-order chi connectivity index (χ1) is 13.4. The third-order valence-electron chi connectivity index (χ3n) is 4.49. The number of anilines is 1. The van der Waals surface area contributed by atoms with Crippen molar-refractivity contribution >= 4 is 43.7 Å². The van der Waals surface area contributed by atoms with Crippen LogP contribution in [0.1, 0.15) is 32.9 Å². The maximum atomic E-state index is 12.7. The van der Waals surface area contributed by atoms with Crippen molar-refractivity contribution in [2.75, 3.05) is 17.6 Å². The van der Waals surface area contributed by atoms with Gasteiger partial charge in [0, 0.05) is 36.8 Å². The van der Waals surface area contributed by atoms with Gasteiger partial charge in [-0.3, -0.25) is 10.1 Å². The Morgan fingerprint density at radius 2 is 2.00 bits per heavy atom. The zero-order valence-electron chi connectivity index (χ0n) is 15.4. The number of aryl methyl sites for hydroxylation is 1. The minimum Gasteiger partial charge on any atom is -0.300 e. The highest BCUT2D eigenvalue weighted by molar-refractivity contribution is 7.89. The number of carbonyl (C=O) groups excluding carboxylic acids is 1. The highest BCUT2D eigenvalue weighted by atomic mass is 32.2. The van der Waals surface area contributed by atoms with Gasteiger partial charge >= 0.3 is 0 Å². The van der Waals surface area contributed by atoms with Crippen molar-refractivity contribution in [2.45, 2.75) is 26.8 Å². The Morgan fingerprint density at radius 3 is 2.71 bits per heavy atom. The molecular weight excluding hydrogens is 418 g/mol. The summed E-state index contributed by atoms with van der Waals surface area (Å²) in [6.45, 7) is 4.19. The topological polar surface area (TPSA) is 97.2 Å². The summed E-state index contributed by atoms with van der Waals surface area (Å²) in [7, 11) is -3.23. The summed E-state index contributed by atoms with van der Waals surface area (Å²) in [5, 5.41) is 4.06. The van der Waals surface area contributed by atoms with E-state index in [2.05, 4.69) is 15.3 Å². The maximum absolute atomic E-state index is 12.7. The standard InChI is InChI=1S/C17H19N5O3S3/c1-3-28(24,25)22-9-6-12-13(10-22)26-16(19-12)20-15(23)14-11(2)18-17(27-14)21-7-4-5-8-21/h4-5,7-8H,3,6,9-10H2,1-2H3,(H,19,20,23). The summed E-state index contributed by atoms with van der Waals surface area (Å²) in [6, 6.07) is 3.80. The van der Waals surface area contributed by atoms with Crippen molar-refractivity contribution in [2.24, 2.45) is 0 Å². The number of nitrogens with one attached hydrogen (secondary N) is 1. The molecule has 4 heterocycles. The summed E-state index contributed by atoms with van der Waals surface area (Å²) >= 11 is 2.64. The molecule has 0 saturated carbocycles. The molecule has 1 aliphatic rings. The van der Waals surface area contributed by atoms with Gasteiger partial charge in [0.1, 0.15) is 4.88 Å². The minimum absolute atomic E-state index is 0.0825. The summed E-state index contributed by atoms with van der Waals surface area (Å²) in [4.78, 5) is 23.1. The van der Waals surface area contributed by atoms with Crippen LogP contribution in [0.2, 0.25) is 0 Å². The lowest BCUT2D eigenvalue weighted by atomic mass is 10.2. The van der Waals surface area contributed by atoms with Crippen LogP contribution >= 0.6 is 22.7 Å². The smallest absolute Gasteiger partial charge is 0.269 e. The van der Waals surface area contributed by atoms with Crippen molar-refractivity contribution in [3.63, 3.8) is 0 Å². The summed E-state index contributed by atoms with van der Waals surface area (Å²) < 4.78 is 27.6. The van der Waals surface area contributed by atoms with E-state index in [1.807, 2.05) is 29.1 Å².